The maximum absolute atomic E-state index is 12.2. The molecular formula is C13H16F2N2O3. The summed E-state index contributed by atoms with van der Waals surface area (Å²) in [6.45, 7) is -0.824. The predicted octanol–water partition coefficient (Wildman–Crippen LogP) is 1.54. The third-order valence-electron chi connectivity index (χ3n) is 2.33. The van der Waals surface area contributed by atoms with Crippen LogP contribution in [-0.2, 0) is 4.79 Å². The molecule has 0 saturated carbocycles. The molecule has 0 spiro atoms. The zero-order chi connectivity index (χ0) is 15.0. The van der Waals surface area contributed by atoms with E-state index < -0.39 is 12.5 Å². The summed E-state index contributed by atoms with van der Waals surface area (Å²) in [5.74, 6) is -1.21. The number of hydrogen-bond acceptors (Lipinski definition) is 3. The van der Waals surface area contributed by atoms with Crippen molar-refractivity contribution in [3.63, 3.8) is 0 Å². The molecule has 110 valence electrons. The minimum atomic E-state index is -3.02. The first kappa shape index (κ1) is 15.9. The van der Waals surface area contributed by atoms with Crippen LogP contribution in [0.1, 0.15) is 23.7 Å². The van der Waals surface area contributed by atoms with Gasteiger partial charge in [-0.15, -0.1) is 0 Å². The van der Waals surface area contributed by atoms with Crippen LogP contribution in [0.5, 0.6) is 5.75 Å². The van der Waals surface area contributed by atoms with Crippen LogP contribution in [0.2, 0.25) is 0 Å². The number of hydrogen-bond donors (Lipinski definition) is 2. The van der Waals surface area contributed by atoms with E-state index in [-0.39, 0.29) is 23.8 Å². The smallest absolute Gasteiger partial charge is 0.387 e. The lowest BCUT2D eigenvalue weighted by atomic mass is 10.2. The molecule has 0 aliphatic heterocycles. The van der Waals surface area contributed by atoms with E-state index >= 15 is 0 Å². The fourth-order valence-electron chi connectivity index (χ4n) is 1.44. The fourth-order valence-corrected chi connectivity index (χ4v) is 1.44. The van der Waals surface area contributed by atoms with E-state index in [2.05, 4.69) is 15.4 Å². The molecule has 1 rings (SSSR count). The van der Waals surface area contributed by atoms with E-state index in [4.69, 9.17) is 0 Å². The van der Waals surface area contributed by atoms with Gasteiger partial charge in [0.1, 0.15) is 5.75 Å². The number of alkyl halides is 2. The number of rotatable bonds is 7. The van der Waals surface area contributed by atoms with Gasteiger partial charge in [0.05, 0.1) is 12.1 Å². The first-order chi connectivity index (χ1) is 9.54. The molecule has 0 aliphatic rings. The van der Waals surface area contributed by atoms with Crippen molar-refractivity contribution in [2.75, 3.05) is 13.1 Å². The Morgan fingerprint density at radius 3 is 2.60 bits per heavy atom. The van der Waals surface area contributed by atoms with Crippen LogP contribution in [0.25, 0.3) is 0 Å². The Bertz CT molecular complexity index is 467. The van der Waals surface area contributed by atoms with Crippen molar-refractivity contribution in [1.82, 2.24) is 10.6 Å². The lowest BCUT2D eigenvalue weighted by Crippen LogP contribution is -2.37. The number of para-hydroxylation sites is 1. The molecular weight excluding hydrogens is 270 g/mol. The third kappa shape index (κ3) is 5.21. The molecule has 0 bridgehead atoms. The zero-order valence-electron chi connectivity index (χ0n) is 11.0. The van der Waals surface area contributed by atoms with E-state index in [1.165, 1.54) is 24.3 Å². The Hall–Kier alpha value is -2.18. The number of nitrogens with one attached hydrogen (secondary N) is 2. The van der Waals surface area contributed by atoms with Crippen molar-refractivity contribution in [1.29, 1.82) is 0 Å². The predicted molar refractivity (Wildman–Crippen MR) is 68.7 cm³/mol. The molecule has 0 heterocycles. The molecule has 7 heteroatoms. The highest BCUT2D eigenvalue weighted by atomic mass is 19.3. The highest BCUT2D eigenvalue weighted by molar-refractivity contribution is 5.98. The van der Waals surface area contributed by atoms with Gasteiger partial charge in [0.15, 0.2) is 0 Å². The van der Waals surface area contributed by atoms with Crippen molar-refractivity contribution < 1.29 is 23.1 Å². The lowest BCUT2D eigenvalue weighted by molar-refractivity contribution is -0.120. The second-order valence-electron chi connectivity index (χ2n) is 3.91. The molecule has 0 atom stereocenters. The summed E-state index contributed by atoms with van der Waals surface area (Å²) in [7, 11) is 0. The number of ether oxygens (including phenoxy) is 1. The van der Waals surface area contributed by atoms with Crippen LogP contribution in [0, 0.1) is 0 Å². The number of carbonyl (C=O) groups is 2. The summed E-state index contributed by atoms with van der Waals surface area (Å²) in [5, 5.41) is 4.93. The number of carbonyl (C=O) groups excluding carboxylic acids is 2. The van der Waals surface area contributed by atoms with Gasteiger partial charge in [-0.1, -0.05) is 19.1 Å². The van der Waals surface area contributed by atoms with Crippen LogP contribution in [0.4, 0.5) is 8.78 Å². The average Bonchev–Trinajstić information content (AvgIpc) is 2.42. The Morgan fingerprint density at radius 1 is 1.25 bits per heavy atom. The van der Waals surface area contributed by atoms with E-state index in [9.17, 15) is 18.4 Å². The Kier molecular flexibility index (Phi) is 6.42. The van der Waals surface area contributed by atoms with Gasteiger partial charge in [0.25, 0.3) is 5.91 Å². The second-order valence-corrected chi connectivity index (χ2v) is 3.91. The molecule has 5 nitrogen and oxygen atoms in total. The fraction of sp³-hybridized carbons (Fsp3) is 0.385. The highest BCUT2D eigenvalue weighted by Crippen LogP contribution is 2.19. The SMILES string of the molecule is CCCNC(=O)CNC(=O)c1ccccc1OC(F)F. The van der Waals surface area contributed by atoms with Gasteiger partial charge in [-0.05, 0) is 18.6 Å². The maximum Gasteiger partial charge on any atom is 0.387 e. The summed E-state index contributed by atoms with van der Waals surface area (Å²) in [6, 6.07) is 5.60. The van der Waals surface area contributed by atoms with Gasteiger partial charge < -0.3 is 15.4 Å². The van der Waals surface area contributed by atoms with Gasteiger partial charge >= 0.3 is 6.61 Å². The number of benzene rings is 1. The van der Waals surface area contributed by atoms with Gasteiger partial charge in [0.2, 0.25) is 5.91 Å². The molecule has 0 aliphatic carbocycles. The zero-order valence-corrected chi connectivity index (χ0v) is 11.0. The molecule has 1 aromatic carbocycles. The minimum absolute atomic E-state index is 0.0453. The third-order valence-corrected chi connectivity index (χ3v) is 2.33. The highest BCUT2D eigenvalue weighted by Gasteiger charge is 2.15. The van der Waals surface area contributed by atoms with E-state index in [0.29, 0.717) is 6.54 Å². The van der Waals surface area contributed by atoms with Crippen molar-refractivity contribution in [3.8, 4) is 5.75 Å². The van der Waals surface area contributed by atoms with Crippen LogP contribution in [0.15, 0.2) is 24.3 Å². The van der Waals surface area contributed by atoms with Gasteiger partial charge in [0, 0.05) is 6.54 Å². The van der Waals surface area contributed by atoms with Crippen molar-refractivity contribution in [2.24, 2.45) is 0 Å². The maximum atomic E-state index is 12.2. The largest absolute Gasteiger partial charge is 0.434 e. The standard InChI is InChI=1S/C13H16F2N2O3/c1-2-7-16-11(18)8-17-12(19)9-5-3-4-6-10(9)20-13(14)15/h3-6,13H,2,7-8H2,1H3,(H,16,18)(H,17,19). The van der Waals surface area contributed by atoms with Crippen molar-refractivity contribution in [3.05, 3.63) is 29.8 Å². The Labute approximate surface area is 115 Å². The van der Waals surface area contributed by atoms with E-state index in [0.717, 1.165) is 6.42 Å². The molecule has 1 aromatic rings. The molecule has 0 unspecified atom stereocenters. The van der Waals surface area contributed by atoms with Crippen LogP contribution in [0.3, 0.4) is 0 Å². The normalized spacial score (nSPS) is 10.2. The summed E-state index contributed by atoms with van der Waals surface area (Å²) < 4.78 is 28.6. The van der Waals surface area contributed by atoms with Gasteiger partial charge in [-0.2, -0.15) is 8.78 Å². The molecule has 0 saturated heterocycles. The molecule has 2 amide bonds. The second kappa shape index (κ2) is 8.08. The van der Waals surface area contributed by atoms with E-state index in [1.54, 1.807) is 0 Å². The monoisotopic (exact) mass is 286 g/mol. The lowest BCUT2D eigenvalue weighted by Gasteiger charge is -2.10. The molecule has 0 aromatic heterocycles. The van der Waals surface area contributed by atoms with E-state index in [1.807, 2.05) is 6.92 Å². The van der Waals surface area contributed by atoms with Crippen molar-refractivity contribution >= 4 is 11.8 Å². The molecule has 0 radical (unpaired) electrons. The number of halogens is 2. The quantitative estimate of drug-likeness (QED) is 0.799. The van der Waals surface area contributed by atoms with Crippen LogP contribution < -0.4 is 15.4 Å². The summed E-state index contributed by atoms with van der Waals surface area (Å²) in [6.07, 6.45) is 0.782. The number of amides is 2. The first-order valence-electron chi connectivity index (χ1n) is 6.13. The molecule has 20 heavy (non-hydrogen) atoms. The van der Waals surface area contributed by atoms with Gasteiger partial charge in [-0.25, -0.2) is 0 Å². The Balaban J connectivity index is 2.61. The average molecular weight is 286 g/mol. The molecule has 0 fully saturated rings. The first-order valence-corrected chi connectivity index (χ1v) is 6.13. The van der Waals surface area contributed by atoms with Crippen molar-refractivity contribution in [2.45, 2.75) is 20.0 Å². The summed E-state index contributed by atoms with van der Waals surface area (Å²) in [5.41, 5.74) is -0.0453. The van der Waals surface area contributed by atoms with Crippen LogP contribution >= 0.6 is 0 Å². The molecule has 2 N–H and O–H groups in total. The minimum Gasteiger partial charge on any atom is -0.434 e. The van der Waals surface area contributed by atoms with Gasteiger partial charge in [-0.3, -0.25) is 9.59 Å². The Morgan fingerprint density at radius 2 is 1.95 bits per heavy atom. The summed E-state index contributed by atoms with van der Waals surface area (Å²) >= 11 is 0. The summed E-state index contributed by atoms with van der Waals surface area (Å²) in [4.78, 5) is 23.1. The topological polar surface area (TPSA) is 67.4 Å². The van der Waals surface area contributed by atoms with Crippen LogP contribution in [-0.4, -0.2) is 31.5 Å².